The van der Waals surface area contributed by atoms with Crippen molar-refractivity contribution in [1.82, 2.24) is 19.8 Å². The van der Waals surface area contributed by atoms with E-state index in [1.807, 2.05) is 79.7 Å². The molecule has 3 aromatic carbocycles. The van der Waals surface area contributed by atoms with Gasteiger partial charge in [0.15, 0.2) is 5.82 Å². The molecule has 0 unspecified atom stereocenters. The van der Waals surface area contributed by atoms with Gasteiger partial charge in [-0.05, 0) is 17.2 Å². The SMILES string of the molecule is C[C@@H](c1ccc(-c2ccccc2)c(F)c1)c1nn2c(-c3ccccc3)nnc2s1. The Balaban J connectivity index is 1.49. The van der Waals surface area contributed by atoms with Gasteiger partial charge in [-0.2, -0.15) is 9.61 Å². The fourth-order valence-electron chi connectivity index (χ4n) is 3.37. The number of benzene rings is 3. The van der Waals surface area contributed by atoms with Crippen molar-refractivity contribution < 1.29 is 4.39 Å². The Morgan fingerprint density at radius 3 is 2.24 bits per heavy atom. The molecule has 0 fully saturated rings. The van der Waals surface area contributed by atoms with E-state index in [-0.39, 0.29) is 11.7 Å². The zero-order valence-electron chi connectivity index (χ0n) is 15.7. The van der Waals surface area contributed by atoms with Crippen LogP contribution in [0.4, 0.5) is 4.39 Å². The summed E-state index contributed by atoms with van der Waals surface area (Å²) in [6, 6.07) is 24.8. The van der Waals surface area contributed by atoms with Crippen LogP contribution < -0.4 is 0 Å². The Morgan fingerprint density at radius 1 is 0.862 bits per heavy atom. The van der Waals surface area contributed by atoms with Gasteiger partial charge in [0.1, 0.15) is 10.8 Å². The lowest BCUT2D eigenvalue weighted by Gasteiger charge is -2.11. The maximum Gasteiger partial charge on any atom is 0.234 e. The molecule has 0 aliphatic carbocycles. The Morgan fingerprint density at radius 2 is 1.55 bits per heavy atom. The molecule has 2 heterocycles. The second-order valence-corrected chi connectivity index (χ2v) is 7.84. The Hall–Kier alpha value is -3.38. The summed E-state index contributed by atoms with van der Waals surface area (Å²) < 4.78 is 16.6. The third-order valence-corrected chi connectivity index (χ3v) is 6.07. The highest BCUT2D eigenvalue weighted by atomic mass is 32.1. The van der Waals surface area contributed by atoms with Gasteiger partial charge in [-0.25, -0.2) is 4.39 Å². The summed E-state index contributed by atoms with van der Waals surface area (Å²) in [7, 11) is 0. The summed E-state index contributed by atoms with van der Waals surface area (Å²) in [5, 5.41) is 14.1. The van der Waals surface area contributed by atoms with Gasteiger partial charge in [-0.1, -0.05) is 91.1 Å². The van der Waals surface area contributed by atoms with E-state index in [0.717, 1.165) is 26.7 Å². The maximum atomic E-state index is 14.8. The van der Waals surface area contributed by atoms with Crippen LogP contribution in [-0.4, -0.2) is 19.8 Å². The molecular weight excluding hydrogens is 383 g/mol. The van der Waals surface area contributed by atoms with Gasteiger partial charge in [-0.3, -0.25) is 0 Å². The maximum absolute atomic E-state index is 14.8. The minimum absolute atomic E-state index is 0.0513. The van der Waals surface area contributed by atoms with Crippen molar-refractivity contribution >= 4 is 16.3 Å². The van der Waals surface area contributed by atoms with Crippen molar-refractivity contribution in [1.29, 1.82) is 0 Å². The van der Waals surface area contributed by atoms with Crippen LogP contribution in [0.25, 0.3) is 27.5 Å². The Labute approximate surface area is 171 Å². The number of hydrogen-bond donors (Lipinski definition) is 0. The van der Waals surface area contributed by atoms with Crippen LogP contribution in [0.3, 0.4) is 0 Å². The van der Waals surface area contributed by atoms with Crippen LogP contribution >= 0.6 is 11.3 Å². The predicted octanol–water partition coefficient (Wildman–Crippen LogP) is 5.81. The molecule has 0 N–H and O–H groups in total. The molecule has 0 bridgehead atoms. The van der Waals surface area contributed by atoms with Crippen LogP contribution in [0.15, 0.2) is 78.9 Å². The van der Waals surface area contributed by atoms with Gasteiger partial charge in [0.05, 0.1) is 0 Å². The first-order chi connectivity index (χ1) is 14.2. The molecule has 5 rings (SSSR count). The molecule has 0 amide bonds. The monoisotopic (exact) mass is 400 g/mol. The zero-order chi connectivity index (χ0) is 19.8. The van der Waals surface area contributed by atoms with Crippen molar-refractivity contribution in [2.75, 3.05) is 0 Å². The zero-order valence-corrected chi connectivity index (χ0v) is 16.5. The largest absolute Gasteiger partial charge is 0.234 e. The fourth-order valence-corrected chi connectivity index (χ4v) is 4.29. The van der Waals surface area contributed by atoms with E-state index >= 15 is 0 Å². The fraction of sp³-hybridized carbons (Fsp3) is 0.0870. The summed E-state index contributed by atoms with van der Waals surface area (Å²) in [5.74, 6) is 0.430. The first-order valence-corrected chi connectivity index (χ1v) is 10.1. The molecular formula is C23H17FN4S. The van der Waals surface area contributed by atoms with Crippen LogP contribution in [0.2, 0.25) is 0 Å². The molecule has 0 radical (unpaired) electrons. The number of hydrogen-bond acceptors (Lipinski definition) is 4. The highest BCUT2D eigenvalue weighted by Gasteiger charge is 2.19. The van der Waals surface area contributed by atoms with Crippen molar-refractivity contribution in [3.63, 3.8) is 0 Å². The van der Waals surface area contributed by atoms with Crippen molar-refractivity contribution in [3.05, 3.63) is 95.3 Å². The summed E-state index contributed by atoms with van der Waals surface area (Å²) in [5.41, 5.74) is 3.32. The molecule has 5 aromatic rings. The molecule has 29 heavy (non-hydrogen) atoms. The van der Waals surface area contributed by atoms with Gasteiger partial charge < -0.3 is 0 Å². The van der Waals surface area contributed by atoms with E-state index in [2.05, 4.69) is 10.2 Å². The van der Waals surface area contributed by atoms with Crippen LogP contribution in [0.5, 0.6) is 0 Å². The molecule has 0 aliphatic rings. The molecule has 0 spiro atoms. The van der Waals surface area contributed by atoms with Crippen LogP contribution in [-0.2, 0) is 0 Å². The van der Waals surface area contributed by atoms with Gasteiger partial charge in [0, 0.05) is 17.0 Å². The molecule has 6 heteroatoms. The van der Waals surface area contributed by atoms with E-state index < -0.39 is 0 Å². The highest BCUT2D eigenvalue weighted by Crippen LogP contribution is 2.32. The van der Waals surface area contributed by atoms with Crippen LogP contribution in [0, 0.1) is 5.82 Å². The Kier molecular flexibility index (Phi) is 4.41. The number of aromatic nitrogens is 4. The minimum atomic E-state index is -0.228. The minimum Gasteiger partial charge on any atom is -0.206 e. The molecule has 142 valence electrons. The molecule has 4 nitrogen and oxygen atoms in total. The molecule has 0 saturated heterocycles. The summed E-state index contributed by atoms with van der Waals surface area (Å²) in [4.78, 5) is 0.729. The lowest BCUT2D eigenvalue weighted by Crippen LogP contribution is -1.99. The number of halogens is 1. The highest BCUT2D eigenvalue weighted by molar-refractivity contribution is 7.16. The van der Waals surface area contributed by atoms with Gasteiger partial charge in [-0.15, -0.1) is 10.2 Å². The second-order valence-electron chi connectivity index (χ2n) is 6.85. The van der Waals surface area contributed by atoms with E-state index in [0.29, 0.717) is 11.4 Å². The number of rotatable bonds is 4. The first-order valence-electron chi connectivity index (χ1n) is 9.33. The lowest BCUT2D eigenvalue weighted by atomic mass is 9.97. The topological polar surface area (TPSA) is 43.1 Å². The van der Waals surface area contributed by atoms with Gasteiger partial charge in [0.2, 0.25) is 4.96 Å². The van der Waals surface area contributed by atoms with Crippen molar-refractivity contribution in [3.8, 4) is 22.5 Å². The van der Waals surface area contributed by atoms with E-state index in [1.54, 1.807) is 10.6 Å². The third kappa shape index (κ3) is 3.21. The average Bonchev–Trinajstić information content (AvgIpc) is 3.35. The summed E-state index contributed by atoms with van der Waals surface area (Å²) in [6.07, 6.45) is 0. The number of nitrogens with zero attached hydrogens (tertiary/aromatic N) is 4. The average molecular weight is 400 g/mol. The van der Waals surface area contributed by atoms with E-state index in [9.17, 15) is 4.39 Å². The molecule has 0 saturated carbocycles. The number of fused-ring (bicyclic) bond motifs is 1. The molecule has 1 atom stereocenters. The van der Waals surface area contributed by atoms with Crippen molar-refractivity contribution in [2.45, 2.75) is 12.8 Å². The summed E-state index contributed by atoms with van der Waals surface area (Å²) in [6.45, 7) is 2.03. The summed E-state index contributed by atoms with van der Waals surface area (Å²) >= 11 is 1.48. The molecule has 0 aliphatic heterocycles. The Bertz CT molecular complexity index is 1280. The van der Waals surface area contributed by atoms with E-state index in [4.69, 9.17) is 5.10 Å². The second kappa shape index (κ2) is 7.22. The van der Waals surface area contributed by atoms with Crippen LogP contribution in [0.1, 0.15) is 23.4 Å². The normalized spacial score (nSPS) is 12.3. The standard InChI is InChI=1S/C23H17FN4S/c1-15(18-12-13-19(20(24)14-18)16-8-4-2-5-9-16)22-27-28-21(25-26-23(28)29-22)17-10-6-3-7-11-17/h2-15H,1H3/t15-/m0/s1. The molecule has 2 aromatic heterocycles. The van der Waals surface area contributed by atoms with Gasteiger partial charge >= 0.3 is 0 Å². The van der Waals surface area contributed by atoms with Crippen molar-refractivity contribution in [2.24, 2.45) is 0 Å². The quantitative estimate of drug-likeness (QED) is 0.382. The third-order valence-electron chi connectivity index (χ3n) is 4.99. The van der Waals surface area contributed by atoms with Gasteiger partial charge in [0.25, 0.3) is 0 Å². The smallest absolute Gasteiger partial charge is 0.206 e. The predicted molar refractivity (Wildman–Crippen MR) is 113 cm³/mol. The lowest BCUT2D eigenvalue weighted by molar-refractivity contribution is 0.627. The van der Waals surface area contributed by atoms with E-state index in [1.165, 1.54) is 11.3 Å². The first kappa shape index (κ1) is 17.7.